The van der Waals surface area contributed by atoms with Crippen molar-refractivity contribution in [3.05, 3.63) is 22.7 Å². The summed E-state index contributed by atoms with van der Waals surface area (Å²) in [5.74, 6) is 0.701. The molecule has 0 spiro atoms. The molecule has 1 amide bonds. The molecule has 1 fully saturated rings. The van der Waals surface area contributed by atoms with Crippen molar-refractivity contribution < 1.29 is 14.3 Å². The van der Waals surface area contributed by atoms with E-state index in [1.165, 1.54) is 0 Å². The molecule has 5 heteroatoms. The molecule has 1 aromatic rings. The first-order valence-corrected chi connectivity index (χ1v) is 5.29. The van der Waals surface area contributed by atoms with Gasteiger partial charge >= 0.3 is 6.09 Å². The van der Waals surface area contributed by atoms with E-state index in [0.717, 1.165) is 10.2 Å². The normalized spacial score (nSPS) is 15.3. The number of rotatable bonds is 2. The average Bonchev–Trinajstić information content (AvgIpc) is 2.65. The Hall–Kier alpha value is -1.23. The monoisotopic (exact) mass is 271 g/mol. The van der Waals surface area contributed by atoms with E-state index in [1.54, 1.807) is 18.1 Å². The summed E-state index contributed by atoms with van der Waals surface area (Å²) in [6.07, 6.45) is -0.306. The molecular formula is C10H10BrNO3. The van der Waals surface area contributed by atoms with Gasteiger partial charge in [-0.15, -0.1) is 0 Å². The van der Waals surface area contributed by atoms with Crippen LogP contribution in [0.1, 0.15) is 0 Å². The van der Waals surface area contributed by atoms with E-state index in [-0.39, 0.29) is 6.09 Å². The first-order chi connectivity index (χ1) is 7.22. The molecule has 1 heterocycles. The molecule has 0 aromatic heterocycles. The van der Waals surface area contributed by atoms with Gasteiger partial charge in [-0.1, -0.05) is 0 Å². The lowest BCUT2D eigenvalue weighted by Crippen LogP contribution is -2.23. The van der Waals surface area contributed by atoms with Gasteiger partial charge in [-0.2, -0.15) is 0 Å². The molecule has 1 aliphatic heterocycles. The Kier molecular flexibility index (Phi) is 2.81. The molecule has 0 atom stereocenters. The SMILES string of the molecule is COc1cc(N2CCOC2=O)ccc1Br. The van der Waals surface area contributed by atoms with Gasteiger partial charge in [-0.05, 0) is 28.1 Å². The van der Waals surface area contributed by atoms with Crippen LogP contribution in [-0.4, -0.2) is 26.4 Å². The predicted octanol–water partition coefficient (Wildman–Crippen LogP) is 2.41. The predicted molar refractivity (Wildman–Crippen MR) is 59.4 cm³/mol. The standard InChI is InChI=1S/C10H10BrNO3/c1-14-9-6-7(2-3-8(9)11)12-4-5-15-10(12)13/h2-3,6H,4-5H2,1H3. The summed E-state index contributed by atoms with van der Waals surface area (Å²) in [6, 6.07) is 5.50. The lowest BCUT2D eigenvalue weighted by Gasteiger charge is -2.14. The van der Waals surface area contributed by atoms with Gasteiger partial charge in [0.2, 0.25) is 0 Å². The first-order valence-electron chi connectivity index (χ1n) is 4.50. The highest BCUT2D eigenvalue weighted by Crippen LogP contribution is 2.30. The maximum absolute atomic E-state index is 11.3. The summed E-state index contributed by atoms with van der Waals surface area (Å²) in [5.41, 5.74) is 0.789. The van der Waals surface area contributed by atoms with E-state index >= 15 is 0 Å². The number of hydrogen-bond acceptors (Lipinski definition) is 3. The second-order valence-corrected chi connectivity index (χ2v) is 3.94. The van der Waals surface area contributed by atoms with Crippen LogP contribution in [0.3, 0.4) is 0 Å². The number of carbonyl (C=O) groups is 1. The van der Waals surface area contributed by atoms with Crippen molar-refractivity contribution in [2.75, 3.05) is 25.2 Å². The number of carbonyl (C=O) groups excluding carboxylic acids is 1. The third-order valence-corrected chi connectivity index (χ3v) is 2.86. The minimum absolute atomic E-state index is 0.306. The van der Waals surface area contributed by atoms with Crippen molar-refractivity contribution in [2.45, 2.75) is 0 Å². The van der Waals surface area contributed by atoms with Crippen LogP contribution in [0.15, 0.2) is 22.7 Å². The number of amides is 1. The Morgan fingerprint density at radius 2 is 2.33 bits per heavy atom. The van der Waals surface area contributed by atoms with E-state index in [2.05, 4.69) is 15.9 Å². The van der Waals surface area contributed by atoms with E-state index in [1.807, 2.05) is 12.1 Å². The zero-order valence-corrected chi connectivity index (χ0v) is 9.78. The molecular weight excluding hydrogens is 262 g/mol. The Morgan fingerprint density at radius 1 is 1.53 bits per heavy atom. The van der Waals surface area contributed by atoms with E-state index < -0.39 is 0 Å². The van der Waals surface area contributed by atoms with Gasteiger partial charge in [0.25, 0.3) is 0 Å². The zero-order chi connectivity index (χ0) is 10.8. The zero-order valence-electron chi connectivity index (χ0n) is 8.20. The quantitative estimate of drug-likeness (QED) is 0.829. The van der Waals surface area contributed by atoms with Crippen molar-refractivity contribution in [3.63, 3.8) is 0 Å². The third-order valence-electron chi connectivity index (χ3n) is 2.21. The number of ether oxygens (including phenoxy) is 2. The smallest absolute Gasteiger partial charge is 0.414 e. The highest BCUT2D eigenvalue weighted by atomic mass is 79.9. The van der Waals surface area contributed by atoms with Crippen LogP contribution in [0.2, 0.25) is 0 Å². The maximum atomic E-state index is 11.3. The van der Waals surface area contributed by atoms with Gasteiger partial charge in [0.05, 0.1) is 23.8 Å². The van der Waals surface area contributed by atoms with Crippen molar-refractivity contribution in [1.82, 2.24) is 0 Å². The Balaban J connectivity index is 2.32. The second-order valence-electron chi connectivity index (χ2n) is 3.08. The summed E-state index contributed by atoms with van der Waals surface area (Å²) in [7, 11) is 1.59. The largest absolute Gasteiger partial charge is 0.495 e. The lowest BCUT2D eigenvalue weighted by molar-refractivity contribution is 0.181. The topological polar surface area (TPSA) is 38.8 Å². The molecule has 1 aromatic carbocycles. The number of halogens is 1. The van der Waals surface area contributed by atoms with Crippen LogP contribution in [0.25, 0.3) is 0 Å². The van der Waals surface area contributed by atoms with Crippen LogP contribution >= 0.6 is 15.9 Å². The molecule has 1 aliphatic rings. The lowest BCUT2D eigenvalue weighted by atomic mass is 10.3. The highest BCUT2D eigenvalue weighted by Gasteiger charge is 2.23. The molecule has 0 radical (unpaired) electrons. The summed E-state index contributed by atoms with van der Waals surface area (Å²) in [4.78, 5) is 12.9. The highest BCUT2D eigenvalue weighted by molar-refractivity contribution is 9.10. The Morgan fingerprint density at radius 3 is 2.93 bits per heavy atom. The van der Waals surface area contributed by atoms with Gasteiger partial charge in [-0.3, -0.25) is 4.90 Å². The van der Waals surface area contributed by atoms with Gasteiger partial charge in [-0.25, -0.2) is 4.79 Å². The molecule has 0 unspecified atom stereocenters. The van der Waals surface area contributed by atoms with Gasteiger partial charge < -0.3 is 9.47 Å². The summed E-state index contributed by atoms with van der Waals surface area (Å²) < 4.78 is 10.9. The van der Waals surface area contributed by atoms with Gasteiger partial charge in [0, 0.05) is 6.07 Å². The Labute approximate surface area is 95.9 Å². The Bertz CT molecular complexity index is 394. The molecule has 1 saturated heterocycles. The summed E-state index contributed by atoms with van der Waals surface area (Å²) in [5, 5.41) is 0. The minimum atomic E-state index is -0.306. The van der Waals surface area contributed by atoms with Crippen molar-refractivity contribution in [3.8, 4) is 5.75 Å². The molecule has 0 bridgehead atoms. The molecule has 0 N–H and O–H groups in total. The number of hydrogen-bond donors (Lipinski definition) is 0. The number of methoxy groups -OCH3 is 1. The number of nitrogens with zero attached hydrogens (tertiary/aromatic N) is 1. The summed E-state index contributed by atoms with van der Waals surface area (Å²) in [6.45, 7) is 1.03. The number of benzene rings is 1. The van der Waals surface area contributed by atoms with Gasteiger partial charge in [0.1, 0.15) is 12.4 Å². The molecule has 4 nitrogen and oxygen atoms in total. The fraction of sp³-hybridized carbons (Fsp3) is 0.300. The molecule has 0 aliphatic carbocycles. The van der Waals surface area contributed by atoms with E-state index in [9.17, 15) is 4.79 Å². The van der Waals surface area contributed by atoms with Crippen LogP contribution < -0.4 is 9.64 Å². The molecule has 0 saturated carbocycles. The number of anilines is 1. The summed E-state index contributed by atoms with van der Waals surface area (Å²) >= 11 is 3.35. The molecule has 2 rings (SSSR count). The molecule has 80 valence electrons. The number of cyclic esters (lactones) is 1. The van der Waals surface area contributed by atoms with E-state index in [4.69, 9.17) is 9.47 Å². The van der Waals surface area contributed by atoms with E-state index in [0.29, 0.717) is 18.9 Å². The van der Waals surface area contributed by atoms with Crippen molar-refractivity contribution in [1.29, 1.82) is 0 Å². The van der Waals surface area contributed by atoms with Crippen LogP contribution in [0.5, 0.6) is 5.75 Å². The van der Waals surface area contributed by atoms with Crippen molar-refractivity contribution >= 4 is 27.7 Å². The molecule has 15 heavy (non-hydrogen) atoms. The first kappa shape index (κ1) is 10.3. The van der Waals surface area contributed by atoms with Crippen molar-refractivity contribution in [2.24, 2.45) is 0 Å². The third kappa shape index (κ3) is 1.92. The van der Waals surface area contributed by atoms with Gasteiger partial charge in [0.15, 0.2) is 0 Å². The fourth-order valence-electron chi connectivity index (χ4n) is 1.44. The minimum Gasteiger partial charge on any atom is -0.495 e. The van der Waals surface area contributed by atoms with Crippen LogP contribution in [-0.2, 0) is 4.74 Å². The average molecular weight is 272 g/mol. The van der Waals surface area contributed by atoms with Crippen LogP contribution in [0.4, 0.5) is 10.5 Å². The second kappa shape index (κ2) is 4.10. The maximum Gasteiger partial charge on any atom is 0.414 e. The van der Waals surface area contributed by atoms with Crippen LogP contribution in [0, 0.1) is 0 Å². The fourth-order valence-corrected chi connectivity index (χ4v) is 1.85.